The second-order valence-corrected chi connectivity index (χ2v) is 5.79. The number of halogens is 1. The number of fused-ring (bicyclic) bond motifs is 2. The molecule has 118 valence electrons. The second kappa shape index (κ2) is 5.25. The highest BCUT2D eigenvalue weighted by molar-refractivity contribution is 6.31. The van der Waals surface area contributed by atoms with Crippen LogP contribution in [0.15, 0.2) is 62.5 Å². The van der Waals surface area contributed by atoms with Gasteiger partial charge < -0.3 is 14.5 Å². The summed E-state index contributed by atoms with van der Waals surface area (Å²) in [5.74, 6) is -0.261. The number of para-hydroxylation sites is 1. The molecule has 0 aliphatic rings. The Kier molecular flexibility index (Phi) is 3.18. The van der Waals surface area contributed by atoms with Crippen molar-refractivity contribution in [3.05, 3.63) is 74.3 Å². The molecule has 2 aromatic carbocycles. The Morgan fingerprint density at radius 3 is 2.67 bits per heavy atom. The van der Waals surface area contributed by atoms with Crippen molar-refractivity contribution in [1.29, 1.82) is 0 Å². The summed E-state index contributed by atoms with van der Waals surface area (Å²) in [5.41, 5.74) is -0.582. The zero-order chi connectivity index (χ0) is 16.8. The van der Waals surface area contributed by atoms with Gasteiger partial charge in [-0.15, -0.1) is 0 Å². The molecule has 0 spiro atoms. The Morgan fingerprint density at radius 2 is 1.83 bits per heavy atom. The predicted octanol–water partition coefficient (Wildman–Crippen LogP) is 3.66. The average molecular weight is 340 g/mol. The number of hydrogen-bond donors (Lipinski definition) is 2. The lowest BCUT2D eigenvalue weighted by molar-refractivity contribution is 0.481. The molecule has 2 heterocycles. The molecule has 0 aliphatic heterocycles. The van der Waals surface area contributed by atoms with Crippen molar-refractivity contribution in [2.45, 2.75) is 0 Å². The molecule has 0 radical (unpaired) electrons. The lowest BCUT2D eigenvalue weighted by atomic mass is 10.0. The molecular formula is C18H10ClNO4. The maximum absolute atomic E-state index is 12.4. The first-order chi connectivity index (χ1) is 11.5. The van der Waals surface area contributed by atoms with E-state index >= 15 is 0 Å². The Morgan fingerprint density at radius 1 is 1.04 bits per heavy atom. The van der Waals surface area contributed by atoms with Crippen LogP contribution >= 0.6 is 11.6 Å². The minimum Gasteiger partial charge on any atom is -0.506 e. The number of H-pyrrole nitrogens is 1. The third-order valence-corrected chi connectivity index (χ3v) is 4.09. The molecule has 0 unspecified atom stereocenters. The van der Waals surface area contributed by atoms with Gasteiger partial charge in [-0.3, -0.25) is 4.79 Å². The molecule has 6 heteroatoms. The molecule has 5 nitrogen and oxygen atoms in total. The summed E-state index contributed by atoms with van der Waals surface area (Å²) >= 11 is 5.96. The average Bonchev–Trinajstić information content (AvgIpc) is 2.55. The fourth-order valence-electron chi connectivity index (χ4n) is 2.74. The predicted molar refractivity (Wildman–Crippen MR) is 92.7 cm³/mol. The number of pyridine rings is 1. The summed E-state index contributed by atoms with van der Waals surface area (Å²) in [6.07, 6.45) is 0. The Hall–Kier alpha value is -3.05. The van der Waals surface area contributed by atoms with Gasteiger partial charge in [-0.1, -0.05) is 23.7 Å². The molecule has 4 aromatic rings. The zero-order valence-electron chi connectivity index (χ0n) is 12.2. The number of aromatic hydroxyl groups is 1. The minimum atomic E-state index is -0.707. The van der Waals surface area contributed by atoms with E-state index in [0.717, 1.165) is 0 Å². The molecule has 0 saturated carbocycles. The maximum Gasteiger partial charge on any atom is 0.344 e. The van der Waals surface area contributed by atoms with Crippen molar-refractivity contribution in [1.82, 2.24) is 4.98 Å². The van der Waals surface area contributed by atoms with Gasteiger partial charge in [-0.2, -0.15) is 0 Å². The quantitative estimate of drug-likeness (QED) is 0.518. The van der Waals surface area contributed by atoms with Gasteiger partial charge in [-0.25, -0.2) is 4.79 Å². The van der Waals surface area contributed by atoms with Crippen molar-refractivity contribution in [2.75, 3.05) is 0 Å². The lowest BCUT2D eigenvalue weighted by Crippen LogP contribution is -2.14. The number of rotatable bonds is 1. The molecule has 0 bridgehead atoms. The molecule has 0 aliphatic carbocycles. The second-order valence-electron chi connectivity index (χ2n) is 5.35. The summed E-state index contributed by atoms with van der Waals surface area (Å²) in [7, 11) is 0. The van der Waals surface area contributed by atoms with E-state index in [0.29, 0.717) is 26.9 Å². The monoisotopic (exact) mass is 339 g/mol. The molecule has 4 rings (SSSR count). The topological polar surface area (TPSA) is 83.3 Å². The lowest BCUT2D eigenvalue weighted by Gasteiger charge is -2.07. The van der Waals surface area contributed by atoms with Crippen molar-refractivity contribution in [3.63, 3.8) is 0 Å². The molecule has 0 amide bonds. The first-order valence-corrected chi connectivity index (χ1v) is 7.50. The van der Waals surface area contributed by atoms with Gasteiger partial charge >= 0.3 is 5.63 Å². The van der Waals surface area contributed by atoms with E-state index < -0.39 is 11.2 Å². The van der Waals surface area contributed by atoms with Gasteiger partial charge in [0, 0.05) is 15.8 Å². The van der Waals surface area contributed by atoms with Crippen molar-refractivity contribution in [2.24, 2.45) is 0 Å². The van der Waals surface area contributed by atoms with Crippen LogP contribution < -0.4 is 11.2 Å². The van der Waals surface area contributed by atoms with Crippen LogP contribution in [0.5, 0.6) is 5.75 Å². The third-order valence-electron chi connectivity index (χ3n) is 3.86. The summed E-state index contributed by atoms with van der Waals surface area (Å²) in [6.45, 7) is 0. The standard InChI is InChI=1S/C18H10ClNO4/c19-10-5-6-14-9(7-10)8-12(18(23)24-14)15-16(21)11-3-1-2-4-13(11)20-17(15)22/h1-8H,(H2,20,21,22). The Balaban J connectivity index is 2.11. The van der Waals surface area contributed by atoms with E-state index in [1.54, 1.807) is 42.5 Å². The molecule has 0 atom stereocenters. The fraction of sp³-hybridized carbons (Fsp3) is 0. The SMILES string of the molecule is O=c1[nH]c2ccccc2c(O)c1-c1cc2cc(Cl)ccc2oc1=O. The summed E-state index contributed by atoms with van der Waals surface area (Å²) in [5, 5.41) is 12.0. The highest BCUT2D eigenvalue weighted by atomic mass is 35.5. The molecule has 2 N–H and O–H groups in total. The van der Waals surface area contributed by atoms with E-state index in [4.69, 9.17) is 16.0 Å². The highest BCUT2D eigenvalue weighted by Crippen LogP contribution is 2.31. The van der Waals surface area contributed by atoms with Crippen LogP contribution in [0.1, 0.15) is 0 Å². The summed E-state index contributed by atoms with van der Waals surface area (Å²) in [4.78, 5) is 27.3. The summed E-state index contributed by atoms with van der Waals surface area (Å²) in [6, 6.07) is 13.1. The number of benzene rings is 2. The normalized spacial score (nSPS) is 11.2. The largest absolute Gasteiger partial charge is 0.506 e. The molecule has 2 aromatic heterocycles. The zero-order valence-corrected chi connectivity index (χ0v) is 12.9. The van der Waals surface area contributed by atoms with E-state index in [-0.39, 0.29) is 16.9 Å². The summed E-state index contributed by atoms with van der Waals surface area (Å²) < 4.78 is 5.25. The minimum absolute atomic E-state index is 0.0192. The smallest absolute Gasteiger partial charge is 0.344 e. The number of aromatic amines is 1. The molecule has 0 fully saturated rings. The van der Waals surface area contributed by atoms with Crippen LogP contribution in [0.4, 0.5) is 0 Å². The molecular weight excluding hydrogens is 330 g/mol. The third kappa shape index (κ3) is 2.18. The van der Waals surface area contributed by atoms with Gasteiger partial charge in [0.05, 0.1) is 16.6 Å². The first kappa shape index (κ1) is 14.5. The van der Waals surface area contributed by atoms with Crippen LogP contribution in [-0.2, 0) is 0 Å². The van der Waals surface area contributed by atoms with Crippen LogP contribution in [0.25, 0.3) is 33.0 Å². The van der Waals surface area contributed by atoms with E-state index in [1.807, 2.05) is 0 Å². The van der Waals surface area contributed by atoms with Crippen LogP contribution in [0.3, 0.4) is 0 Å². The van der Waals surface area contributed by atoms with Gasteiger partial charge in [0.2, 0.25) is 0 Å². The van der Waals surface area contributed by atoms with Gasteiger partial charge in [0.25, 0.3) is 5.56 Å². The van der Waals surface area contributed by atoms with Crippen LogP contribution in [0, 0.1) is 0 Å². The Bertz CT molecular complexity index is 1220. The van der Waals surface area contributed by atoms with E-state index in [2.05, 4.69) is 4.98 Å². The number of hydrogen-bond acceptors (Lipinski definition) is 4. The van der Waals surface area contributed by atoms with Gasteiger partial charge in [0.1, 0.15) is 11.3 Å². The highest BCUT2D eigenvalue weighted by Gasteiger charge is 2.18. The number of aromatic nitrogens is 1. The van der Waals surface area contributed by atoms with Gasteiger partial charge in [0.15, 0.2) is 0 Å². The van der Waals surface area contributed by atoms with E-state index in [1.165, 1.54) is 6.07 Å². The van der Waals surface area contributed by atoms with Crippen molar-refractivity contribution < 1.29 is 9.52 Å². The molecule has 0 saturated heterocycles. The number of nitrogens with one attached hydrogen (secondary N) is 1. The van der Waals surface area contributed by atoms with Crippen molar-refractivity contribution >= 4 is 33.5 Å². The van der Waals surface area contributed by atoms with Gasteiger partial charge in [-0.05, 0) is 36.4 Å². The first-order valence-electron chi connectivity index (χ1n) is 7.12. The van der Waals surface area contributed by atoms with E-state index in [9.17, 15) is 14.7 Å². The molecule has 24 heavy (non-hydrogen) atoms. The van der Waals surface area contributed by atoms with Crippen LogP contribution in [-0.4, -0.2) is 10.1 Å². The maximum atomic E-state index is 12.4. The van der Waals surface area contributed by atoms with Crippen LogP contribution in [0.2, 0.25) is 5.02 Å². The fourth-order valence-corrected chi connectivity index (χ4v) is 2.92. The Labute approximate surface area is 139 Å². The van der Waals surface area contributed by atoms with Crippen molar-refractivity contribution in [3.8, 4) is 16.9 Å².